The number of nitrogens with zero attached hydrogens (tertiary/aromatic N) is 3. The number of hydrogen-bond acceptors (Lipinski definition) is 10. The predicted octanol–water partition coefficient (Wildman–Crippen LogP) is 6.11. The third-order valence-electron chi connectivity index (χ3n) is 6.77. The average Bonchev–Trinajstić information content (AvgIpc) is 3.39. The van der Waals surface area contributed by atoms with Crippen molar-refractivity contribution in [2.75, 3.05) is 28.6 Å². The molecule has 40 heavy (non-hydrogen) atoms. The molecule has 0 aliphatic carbocycles. The Kier molecular flexibility index (Phi) is 8.16. The molecule has 0 spiro atoms. The van der Waals surface area contributed by atoms with Gasteiger partial charge in [-0.15, -0.1) is 11.3 Å². The lowest BCUT2D eigenvalue weighted by atomic mass is 10.1. The fourth-order valence-electron chi connectivity index (χ4n) is 4.61. The number of anilines is 5. The molecule has 1 fully saturated rings. The first-order chi connectivity index (χ1) is 19.1. The Hall–Kier alpha value is -3.41. The first kappa shape index (κ1) is 28.1. The zero-order valence-corrected chi connectivity index (χ0v) is 24.7. The van der Waals surface area contributed by atoms with Crippen LogP contribution in [0.2, 0.25) is 0 Å². The summed E-state index contributed by atoms with van der Waals surface area (Å²) in [4.78, 5) is 12.0. The molecule has 0 bridgehead atoms. The largest absolute Gasteiger partial charge is 0.489 e. The third kappa shape index (κ3) is 6.01. The quantitative estimate of drug-likeness (QED) is 0.215. The highest BCUT2D eigenvalue weighted by atomic mass is 32.2. The van der Waals surface area contributed by atoms with Crippen LogP contribution in [0, 0.1) is 0 Å². The van der Waals surface area contributed by atoms with Crippen molar-refractivity contribution in [3.05, 3.63) is 53.9 Å². The number of hydrogen-bond donors (Lipinski definition) is 3. The first-order valence-corrected chi connectivity index (χ1v) is 15.9. The number of aromatic nitrogens is 2. The summed E-state index contributed by atoms with van der Waals surface area (Å²) in [6.07, 6.45) is 1.20. The van der Waals surface area contributed by atoms with Crippen LogP contribution in [0.15, 0.2) is 58.8 Å². The smallest absolute Gasteiger partial charge is 0.229 e. The van der Waals surface area contributed by atoms with Gasteiger partial charge in [0.05, 0.1) is 43.9 Å². The van der Waals surface area contributed by atoms with Gasteiger partial charge in [0, 0.05) is 24.8 Å². The topological polar surface area (TPSA) is 117 Å². The molecule has 1 aliphatic rings. The maximum Gasteiger partial charge on any atom is 0.229 e. The third-order valence-corrected chi connectivity index (χ3v) is 9.90. The monoisotopic (exact) mass is 581 g/mol. The number of thiophene rings is 1. The van der Waals surface area contributed by atoms with Crippen LogP contribution >= 0.6 is 11.3 Å². The van der Waals surface area contributed by atoms with Crippen molar-refractivity contribution in [3.63, 3.8) is 0 Å². The molecule has 5 rings (SSSR count). The summed E-state index contributed by atoms with van der Waals surface area (Å²) in [5.41, 5.74) is 2.96. The highest BCUT2D eigenvalue weighted by molar-refractivity contribution is 7.92. The molecule has 1 aliphatic heterocycles. The summed E-state index contributed by atoms with van der Waals surface area (Å²) < 4.78 is 33.1. The Balaban J connectivity index is 1.49. The Bertz CT molecular complexity index is 1600. The van der Waals surface area contributed by atoms with Crippen LogP contribution in [0.25, 0.3) is 10.2 Å². The second kappa shape index (κ2) is 11.6. The second-order valence-electron chi connectivity index (χ2n) is 10.4. The highest BCUT2D eigenvalue weighted by Gasteiger charge is 2.24. The van der Waals surface area contributed by atoms with Crippen molar-refractivity contribution in [1.29, 1.82) is 0 Å². The van der Waals surface area contributed by atoms with E-state index in [2.05, 4.69) is 15.5 Å². The molecule has 3 N–H and O–H groups in total. The summed E-state index contributed by atoms with van der Waals surface area (Å²) >= 11 is 1.48. The van der Waals surface area contributed by atoms with Gasteiger partial charge in [0.25, 0.3) is 0 Å². The molecule has 11 heteroatoms. The number of nitrogens with one attached hydrogen (secondary N) is 2. The first-order valence-electron chi connectivity index (χ1n) is 13.5. The zero-order valence-electron chi connectivity index (χ0n) is 23.1. The zero-order chi connectivity index (χ0) is 28.4. The number of aliphatic hydroxyl groups is 1. The van der Waals surface area contributed by atoms with E-state index in [0.717, 1.165) is 47.5 Å². The highest BCUT2D eigenvalue weighted by Crippen LogP contribution is 2.36. The van der Waals surface area contributed by atoms with E-state index < -0.39 is 15.1 Å². The molecule has 0 amide bonds. The van der Waals surface area contributed by atoms with Crippen LogP contribution in [-0.2, 0) is 9.84 Å². The summed E-state index contributed by atoms with van der Waals surface area (Å²) in [7, 11) is -3.51. The second-order valence-corrected chi connectivity index (χ2v) is 13.8. The van der Waals surface area contributed by atoms with Crippen molar-refractivity contribution in [3.8, 4) is 5.75 Å². The van der Waals surface area contributed by atoms with Crippen molar-refractivity contribution < 1.29 is 18.3 Å². The van der Waals surface area contributed by atoms with Gasteiger partial charge in [-0.1, -0.05) is 12.1 Å². The number of sulfone groups is 1. The molecule has 0 unspecified atom stereocenters. The number of piperidine rings is 1. The molecule has 9 nitrogen and oxygen atoms in total. The Morgan fingerprint density at radius 1 is 1.00 bits per heavy atom. The lowest BCUT2D eigenvalue weighted by Gasteiger charge is -2.32. The van der Waals surface area contributed by atoms with Crippen LogP contribution in [-0.4, -0.2) is 54.0 Å². The molecule has 4 aromatic rings. The summed E-state index contributed by atoms with van der Waals surface area (Å²) in [6.45, 7) is 8.88. The Morgan fingerprint density at radius 3 is 2.48 bits per heavy atom. The van der Waals surface area contributed by atoms with Crippen LogP contribution in [0.1, 0.15) is 40.5 Å². The predicted molar refractivity (Wildman–Crippen MR) is 162 cm³/mol. The Morgan fingerprint density at radius 2 is 1.75 bits per heavy atom. The number of rotatable bonds is 9. The maximum absolute atomic E-state index is 13.0. The maximum atomic E-state index is 13.0. The van der Waals surface area contributed by atoms with E-state index in [0.29, 0.717) is 23.2 Å². The van der Waals surface area contributed by atoms with Gasteiger partial charge < -0.3 is 25.4 Å². The van der Waals surface area contributed by atoms with E-state index in [1.165, 1.54) is 11.3 Å². The standard InChI is InChI=1S/C29H35N5O4S2/c1-18(2)38-25-17-20(34-14-11-21(35)12-15-34)9-10-22(25)31-29-32-24-13-16-39-27(24)28(33-29)30-23-7-5-6-8-26(23)40(36,37)19(3)4/h5-10,13,16-19,21,35H,11-12,14-15H2,1-4H3,(H2,30,31,32,33). The van der Waals surface area contributed by atoms with Crippen LogP contribution in [0.5, 0.6) is 5.75 Å². The van der Waals surface area contributed by atoms with E-state index >= 15 is 0 Å². The molecule has 1 saturated heterocycles. The molecule has 2 aromatic heterocycles. The molecule has 0 saturated carbocycles. The van der Waals surface area contributed by atoms with Crippen LogP contribution in [0.4, 0.5) is 28.8 Å². The normalized spacial score (nSPS) is 14.7. The molecule has 3 heterocycles. The van der Waals surface area contributed by atoms with Gasteiger partial charge in [-0.25, -0.2) is 13.4 Å². The number of aliphatic hydroxyl groups excluding tert-OH is 1. The lowest BCUT2D eigenvalue weighted by molar-refractivity contribution is 0.145. The number of fused-ring (bicyclic) bond motifs is 1. The lowest BCUT2D eigenvalue weighted by Crippen LogP contribution is -2.35. The van der Waals surface area contributed by atoms with E-state index in [1.807, 2.05) is 43.5 Å². The van der Waals surface area contributed by atoms with Gasteiger partial charge in [0.1, 0.15) is 5.75 Å². The van der Waals surface area contributed by atoms with Gasteiger partial charge in [-0.3, -0.25) is 0 Å². The minimum absolute atomic E-state index is 0.0455. The van der Waals surface area contributed by atoms with Gasteiger partial charge >= 0.3 is 0 Å². The van der Waals surface area contributed by atoms with Crippen molar-refractivity contribution in [1.82, 2.24) is 9.97 Å². The van der Waals surface area contributed by atoms with E-state index in [9.17, 15) is 13.5 Å². The van der Waals surface area contributed by atoms with Crippen LogP contribution in [0.3, 0.4) is 0 Å². The summed E-state index contributed by atoms with van der Waals surface area (Å²) in [5.74, 6) is 1.55. The number of ether oxygens (including phenoxy) is 1. The number of para-hydroxylation sites is 1. The molecule has 2 aromatic carbocycles. The molecular weight excluding hydrogens is 546 g/mol. The fourth-order valence-corrected chi connectivity index (χ4v) is 6.59. The fraction of sp³-hybridized carbons (Fsp3) is 0.379. The van der Waals surface area contributed by atoms with E-state index in [1.54, 1.807) is 38.1 Å². The van der Waals surface area contributed by atoms with Gasteiger partial charge in [0.15, 0.2) is 15.7 Å². The Labute approximate surface area is 239 Å². The van der Waals surface area contributed by atoms with Crippen molar-refractivity contribution in [2.45, 2.75) is 62.9 Å². The van der Waals surface area contributed by atoms with Crippen molar-refractivity contribution >= 4 is 60.2 Å². The molecule has 212 valence electrons. The SMILES string of the molecule is CC(C)Oc1cc(N2CCC(O)CC2)ccc1Nc1nc(Nc2ccccc2S(=O)(=O)C(C)C)c2sccc2n1. The van der Waals surface area contributed by atoms with Gasteiger partial charge in [-0.2, -0.15) is 4.98 Å². The summed E-state index contributed by atoms with van der Waals surface area (Å²) in [6, 6.07) is 14.8. The summed E-state index contributed by atoms with van der Waals surface area (Å²) in [5, 5.41) is 17.9. The van der Waals surface area contributed by atoms with Crippen molar-refractivity contribution in [2.24, 2.45) is 0 Å². The van der Waals surface area contributed by atoms with Gasteiger partial charge in [0.2, 0.25) is 5.95 Å². The molecular formula is C29H35N5O4S2. The number of benzene rings is 2. The van der Waals surface area contributed by atoms with Gasteiger partial charge in [-0.05, 0) is 76.2 Å². The van der Waals surface area contributed by atoms with E-state index in [-0.39, 0.29) is 17.1 Å². The van der Waals surface area contributed by atoms with Crippen LogP contribution < -0.4 is 20.3 Å². The average molecular weight is 582 g/mol. The molecule has 0 atom stereocenters. The minimum atomic E-state index is -3.51. The van der Waals surface area contributed by atoms with E-state index in [4.69, 9.17) is 14.7 Å². The molecule has 0 radical (unpaired) electrons. The minimum Gasteiger partial charge on any atom is -0.489 e.